The van der Waals surface area contributed by atoms with Crippen LogP contribution in [0.25, 0.3) is 0 Å². The first-order chi connectivity index (χ1) is 7.15. The second-order valence-corrected chi connectivity index (χ2v) is 5.18. The summed E-state index contributed by atoms with van der Waals surface area (Å²) >= 11 is 0. The Morgan fingerprint density at radius 1 is 1.20 bits per heavy atom. The van der Waals surface area contributed by atoms with E-state index in [9.17, 15) is 0 Å². The van der Waals surface area contributed by atoms with E-state index in [1.165, 1.54) is 32.2 Å². The van der Waals surface area contributed by atoms with Crippen molar-refractivity contribution in [1.29, 1.82) is 0 Å². The van der Waals surface area contributed by atoms with Crippen LogP contribution in [-0.4, -0.2) is 36.1 Å². The van der Waals surface area contributed by atoms with Crippen molar-refractivity contribution in [3.63, 3.8) is 0 Å². The van der Waals surface area contributed by atoms with Crippen LogP contribution in [0.4, 0.5) is 0 Å². The highest BCUT2D eigenvalue weighted by Crippen LogP contribution is 2.24. The third-order valence-electron chi connectivity index (χ3n) is 3.55. The quantitative estimate of drug-likeness (QED) is 0.728. The topological polar surface area (TPSA) is 15.3 Å². The Morgan fingerprint density at radius 3 is 2.27 bits per heavy atom. The number of rotatable bonds is 6. The van der Waals surface area contributed by atoms with Gasteiger partial charge in [0.15, 0.2) is 0 Å². The van der Waals surface area contributed by atoms with Crippen LogP contribution < -0.4 is 5.32 Å². The Bertz CT molecular complexity index is 162. The van der Waals surface area contributed by atoms with E-state index in [0.717, 1.165) is 12.6 Å². The zero-order chi connectivity index (χ0) is 11.3. The van der Waals surface area contributed by atoms with E-state index in [1.54, 1.807) is 0 Å². The lowest BCUT2D eigenvalue weighted by Gasteiger charge is -2.34. The molecule has 15 heavy (non-hydrogen) atoms. The number of nitrogens with one attached hydrogen (secondary N) is 1. The summed E-state index contributed by atoms with van der Waals surface area (Å²) in [5.74, 6) is 0. The number of hydrogen-bond acceptors (Lipinski definition) is 2. The van der Waals surface area contributed by atoms with Crippen molar-refractivity contribution in [3.8, 4) is 0 Å². The average Bonchev–Trinajstić information content (AvgIpc) is 2.69. The minimum atomic E-state index is 0.606. The van der Waals surface area contributed by atoms with Crippen LogP contribution in [0.5, 0.6) is 0 Å². The molecule has 0 heterocycles. The SMILES string of the molecule is CCN(C(C)CNC(C)C)C1CCCC1. The second kappa shape index (κ2) is 6.49. The van der Waals surface area contributed by atoms with Crippen LogP contribution in [0.2, 0.25) is 0 Å². The molecule has 0 aliphatic heterocycles. The van der Waals surface area contributed by atoms with Crippen molar-refractivity contribution in [1.82, 2.24) is 10.2 Å². The maximum atomic E-state index is 3.54. The number of nitrogens with zero attached hydrogens (tertiary/aromatic N) is 1. The van der Waals surface area contributed by atoms with Gasteiger partial charge >= 0.3 is 0 Å². The fourth-order valence-electron chi connectivity index (χ4n) is 2.69. The highest BCUT2D eigenvalue weighted by molar-refractivity contribution is 4.81. The van der Waals surface area contributed by atoms with Crippen molar-refractivity contribution in [2.75, 3.05) is 13.1 Å². The van der Waals surface area contributed by atoms with E-state index < -0.39 is 0 Å². The molecule has 0 aromatic rings. The second-order valence-electron chi connectivity index (χ2n) is 5.18. The van der Waals surface area contributed by atoms with Crippen molar-refractivity contribution in [3.05, 3.63) is 0 Å². The van der Waals surface area contributed by atoms with Crippen LogP contribution in [0, 0.1) is 0 Å². The highest BCUT2D eigenvalue weighted by atomic mass is 15.2. The van der Waals surface area contributed by atoms with Gasteiger partial charge in [0.05, 0.1) is 0 Å². The molecular formula is C13H28N2. The summed E-state index contributed by atoms with van der Waals surface area (Å²) < 4.78 is 0. The molecule has 1 unspecified atom stereocenters. The standard InChI is InChI=1S/C13H28N2/c1-5-15(13-8-6-7-9-13)12(4)10-14-11(2)3/h11-14H,5-10H2,1-4H3. The summed E-state index contributed by atoms with van der Waals surface area (Å²) in [7, 11) is 0. The Balaban J connectivity index is 2.35. The van der Waals surface area contributed by atoms with Crippen LogP contribution in [-0.2, 0) is 0 Å². The van der Waals surface area contributed by atoms with Gasteiger partial charge < -0.3 is 5.32 Å². The lowest BCUT2D eigenvalue weighted by molar-refractivity contribution is 0.149. The van der Waals surface area contributed by atoms with Crippen LogP contribution in [0.3, 0.4) is 0 Å². The van der Waals surface area contributed by atoms with Gasteiger partial charge in [-0.1, -0.05) is 33.6 Å². The van der Waals surface area contributed by atoms with E-state index in [0.29, 0.717) is 12.1 Å². The Hall–Kier alpha value is -0.0800. The minimum Gasteiger partial charge on any atom is -0.313 e. The van der Waals surface area contributed by atoms with E-state index in [2.05, 4.69) is 37.9 Å². The summed E-state index contributed by atoms with van der Waals surface area (Å²) in [6.45, 7) is 11.4. The molecule has 0 amide bonds. The van der Waals surface area contributed by atoms with Crippen molar-refractivity contribution in [2.45, 2.75) is 71.5 Å². The molecule has 1 atom stereocenters. The monoisotopic (exact) mass is 212 g/mol. The van der Waals surface area contributed by atoms with Crippen molar-refractivity contribution in [2.24, 2.45) is 0 Å². The maximum absolute atomic E-state index is 3.54. The van der Waals surface area contributed by atoms with Gasteiger partial charge in [0.2, 0.25) is 0 Å². The third kappa shape index (κ3) is 4.12. The number of hydrogen-bond donors (Lipinski definition) is 1. The highest BCUT2D eigenvalue weighted by Gasteiger charge is 2.24. The Morgan fingerprint density at radius 2 is 1.80 bits per heavy atom. The van der Waals surface area contributed by atoms with E-state index in [4.69, 9.17) is 0 Å². The third-order valence-corrected chi connectivity index (χ3v) is 3.55. The molecular weight excluding hydrogens is 184 g/mol. The molecule has 1 aliphatic rings. The molecule has 0 aromatic carbocycles. The zero-order valence-electron chi connectivity index (χ0n) is 10.9. The molecule has 1 fully saturated rings. The summed E-state index contributed by atoms with van der Waals surface area (Å²) in [5.41, 5.74) is 0. The zero-order valence-corrected chi connectivity index (χ0v) is 10.9. The summed E-state index contributed by atoms with van der Waals surface area (Å²) in [5, 5.41) is 3.54. The molecule has 1 N–H and O–H groups in total. The first-order valence-electron chi connectivity index (χ1n) is 6.64. The van der Waals surface area contributed by atoms with E-state index in [1.807, 2.05) is 0 Å². The molecule has 90 valence electrons. The predicted molar refractivity (Wildman–Crippen MR) is 67.2 cm³/mol. The van der Waals surface area contributed by atoms with Gasteiger partial charge in [-0.3, -0.25) is 4.90 Å². The van der Waals surface area contributed by atoms with Crippen LogP contribution in [0.15, 0.2) is 0 Å². The molecule has 1 rings (SSSR count). The first kappa shape index (κ1) is 13.0. The largest absolute Gasteiger partial charge is 0.313 e. The molecule has 1 aliphatic carbocycles. The molecule has 1 saturated carbocycles. The summed E-state index contributed by atoms with van der Waals surface area (Å²) in [4.78, 5) is 2.68. The van der Waals surface area contributed by atoms with Gasteiger partial charge in [-0.05, 0) is 26.3 Å². The van der Waals surface area contributed by atoms with Crippen molar-refractivity contribution >= 4 is 0 Å². The van der Waals surface area contributed by atoms with E-state index >= 15 is 0 Å². The van der Waals surface area contributed by atoms with Crippen molar-refractivity contribution < 1.29 is 0 Å². The lowest BCUT2D eigenvalue weighted by atomic mass is 10.1. The van der Waals surface area contributed by atoms with Gasteiger partial charge in [-0.2, -0.15) is 0 Å². The summed E-state index contributed by atoms with van der Waals surface area (Å²) in [6.07, 6.45) is 5.71. The predicted octanol–water partition coefficient (Wildman–Crippen LogP) is 2.64. The molecule has 0 radical (unpaired) electrons. The fraction of sp³-hybridized carbons (Fsp3) is 1.00. The number of likely N-dealkylation sites (N-methyl/N-ethyl adjacent to an activating group) is 1. The molecule has 0 spiro atoms. The average molecular weight is 212 g/mol. The Labute approximate surface area is 95.4 Å². The lowest BCUT2D eigenvalue weighted by Crippen LogP contribution is -2.46. The first-order valence-corrected chi connectivity index (χ1v) is 6.64. The molecule has 2 nitrogen and oxygen atoms in total. The van der Waals surface area contributed by atoms with Crippen LogP contribution in [0.1, 0.15) is 53.4 Å². The van der Waals surface area contributed by atoms with Gasteiger partial charge in [-0.25, -0.2) is 0 Å². The Kier molecular flexibility index (Phi) is 5.62. The van der Waals surface area contributed by atoms with Crippen LogP contribution >= 0.6 is 0 Å². The fourth-order valence-corrected chi connectivity index (χ4v) is 2.69. The van der Waals surface area contributed by atoms with Gasteiger partial charge in [0.25, 0.3) is 0 Å². The minimum absolute atomic E-state index is 0.606. The molecule has 0 aromatic heterocycles. The molecule has 2 heteroatoms. The summed E-state index contributed by atoms with van der Waals surface area (Å²) in [6, 6.07) is 2.15. The van der Waals surface area contributed by atoms with Gasteiger partial charge in [0, 0.05) is 24.7 Å². The van der Waals surface area contributed by atoms with Gasteiger partial charge in [-0.15, -0.1) is 0 Å². The molecule has 0 bridgehead atoms. The normalized spacial score (nSPS) is 20.4. The van der Waals surface area contributed by atoms with E-state index in [-0.39, 0.29) is 0 Å². The van der Waals surface area contributed by atoms with Gasteiger partial charge in [0.1, 0.15) is 0 Å². The maximum Gasteiger partial charge on any atom is 0.0195 e. The smallest absolute Gasteiger partial charge is 0.0195 e. The molecule has 0 saturated heterocycles.